The molecule has 0 saturated carbocycles. The Kier molecular flexibility index (Phi) is 48.3. The number of carbonyl (C=O) groups is 1. The Morgan fingerprint density at radius 1 is 0.424 bits per heavy atom. The highest BCUT2D eigenvalue weighted by Gasteiger charge is 2.20. The van der Waals surface area contributed by atoms with Gasteiger partial charge in [-0.2, -0.15) is 0 Å². The highest BCUT2D eigenvalue weighted by molar-refractivity contribution is 5.76. The van der Waals surface area contributed by atoms with E-state index >= 15 is 0 Å². The molecule has 0 aromatic rings. The molecular formula is C55H99NO3. The number of aliphatic hydroxyl groups is 2. The molecule has 0 aliphatic heterocycles. The van der Waals surface area contributed by atoms with Gasteiger partial charge < -0.3 is 15.5 Å². The monoisotopic (exact) mass is 822 g/mol. The standard InChI is InChI=1S/C55H99NO3/c1-3-5-7-9-11-13-15-17-19-21-23-25-26-27-28-29-30-31-33-35-37-39-41-43-45-47-49-51-55(59)56-53(52-57)54(58)50-48-46-44-42-40-38-36-34-32-24-22-20-18-16-14-12-10-8-6-4-2/h5,7,11,13,17,19,23,25,27-28,30-31,53-54,57-58H,3-4,6,8-10,12,14-16,18,20-22,24,26,29,32-52H2,1-2H3,(H,56,59)/b7-5-,13-11-,19-17-,25-23-,28-27-,31-30-. The van der Waals surface area contributed by atoms with E-state index in [1.54, 1.807) is 0 Å². The third-order valence-corrected chi connectivity index (χ3v) is 11.5. The zero-order valence-corrected chi connectivity index (χ0v) is 39.3. The van der Waals surface area contributed by atoms with Crippen LogP contribution in [0.3, 0.4) is 0 Å². The Labute approximate surface area is 368 Å². The molecule has 2 atom stereocenters. The highest BCUT2D eigenvalue weighted by Crippen LogP contribution is 2.16. The fraction of sp³-hybridized carbons (Fsp3) is 0.764. The van der Waals surface area contributed by atoms with Crippen LogP contribution in [0.1, 0.15) is 251 Å². The smallest absolute Gasteiger partial charge is 0.220 e. The molecule has 0 heterocycles. The van der Waals surface area contributed by atoms with Gasteiger partial charge in [0.15, 0.2) is 0 Å². The molecule has 0 spiro atoms. The predicted octanol–water partition coefficient (Wildman–Crippen LogP) is 16.6. The van der Waals surface area contributed by atoms with E-state index in [4.69, 9.17) is 0 Å². The van der Waals surface area contributed by atoms with Crippen LogP contribution in [0.15, 0.2) is 72.9 Å². The van der Waals surface area contributed by atoms with Crippen LogP contribution in [-0.4, -0.2) is 34.9 Å². The number of aliphatic hydroxyl groups excluding tert-OH is 2. The van der Waals surface area contributed by atoms with Crippen molar-refractivity contribution in [3.63, 3.8) is 0 Å². The summed E-state index contributed by atoms with van der Waals surface area (Å²) in [7, 11) is 0. The summed E-state index contributed by atoms with van der Waals surface area (Å²) in [4.78, 5) is 12.5. The van der Waals surface area contributed by atoms with Crippen LogP contribution in [0.2, 0.25) is 0 Å². The fourth-order valence-electron chi connectivity index (χ4n) is 7.60. The van der Waals surface area contributed by atoms with Crippen molar-refractivity contribution in [2.75, 3.05) is 6.61 Å². The third-order valence-electron chi connectivity index (χ3n) is 11.5. The van der Waals surface area contributed by atoms with Gasteiger partial charge >= 0.3 is 0 Å². The molecule has 0 saturated heterocycles. The van der Waals surface area contributed by atoms with E-state index in [2.05, 4.69) is 92.1 Å². The van der Waals surface area contributed by atoms with Crippen LogP contribution < -0.4 is 5.32 Å². The molecule has 0 aliphatic carbocycles. The molecule has 59 heavy (non-hydrogen) atoms. The Morgan fingerprint density at radius 3 is 1.12 bits per heavy atom. The first-order chi connectivity index (χ1) is 29.2. The molecular weight excluding hydrogens is 723 g/mol. The van der Waals surface area contributed by atoms with E-state index in [1.165, 1.54) is 161 Å². The lowest BCUT2D eigenvalue weighted by molar-refractivity contribution is -0.123. The number of carbonyl (C=O) groups excluding carboxylic acids is 1. The normalized spacial score (nSPS) is 13.5. The maximum atomic E-state index is 12.5. The van der Waals surface area contributed by atoms with Gasteiger partial charge in [-0.15, -0.1) is 0 Å². The van der Waals surface area contributed by atoms with Gasteiger partial charge in [-0.25, -0.2) is 0 Å². The van der Waals surface area contributed by atoms with Gasteiger partial charge in [0.25, 0.3) is 0 Å². The molecule has 0 rings (SSSR count). The summed E-state index contributed by atoms with van der Waals surface area (Å²) >= 11 is 0. The molecule has 0 bridgehead atoms. The van der Waals surface area contributed by atoms with Crippen molar-refractivity contribution in [3.05, 3.63) is 72.9 Å². The van der Waals surface area contributed by atoms with Crippen molar-refractivity contribution in [1.29, 1.82) is 0 Å². The zero-order valence-electron chi connectivity index (χ0n) is 39.3. The maximum absolute atomic E-state index is 12.5. The second kappa shape index (κ2) is 50.2. The second-order valence-electron chi connectivity index (χ2n) is 17.2. The Balaban J connectivity index is 3.55. The van der Waals surface area contributed by atoms with Crippen molar-refractivity contribution >= 4 is 5.91 Å². The number of rotatable bonds is 46. The minimum atomic E-state index is -0.668. The van der Waals surface area contributed by atoms with E-state index in [9.17, 15) is 15.0 Å². The summed E-state index contributed by atoms with van der Waals surface area (Å²) < 4.78 is 0. The molecule has 2 unspecified atom stereocenters. The topological polar surface area (TPSA) is 69.6 Å². The van der Waals surface area contributed by atoms with Crippen LogP contribution in [0.4, 0.5) is 0 Å². The Bertz CT molecular complexity index is 1020. The first-order valence-corrected chi connectivity index (χ1v) is 25.6. The second-order valence-corrected chi connectivity index (χ2v) is 17.2. The van der Waals surface area contributed by atoms with Crippen LogP contribution in [0.5, 0.6) is 0 Å². The van der Waals surface area contributed by atoms with Crippen LogP contribution in [0.25, 0.3) is 0 Å². The average molecular weight is 822 g/mol. The van der Waals surface area contributed by atoms with E-state index in [0.717, 1.165) is 64.2 Å². The Hall–Kier alpha value is -2.17. The van der Waals surface area contributed by atoms with Crippen LogP contribution >= 0.6 is 0 Å². The van der Waals surface area contributed by atoms with E-state index < -0.39 is 12.1 Å². The Morgan fingerprint density at radius 2 is 0.746 bits per heavy atom. The quantitative estimate of drug-likeness (QED) is 0.0423. The summed E-state index contributed by atoms with van der Waals surface area (Å²) in [5, 5.41) is 23.3. The molecule has 0 fully saturated rings. The lowest BCUT2D eigenvalue weighted by atomic mass is 10.0. The number of nitrogens with one attached hydrogen (secondary N) is 1. The first kappa shape index (κ1) is 56.8. The fourth-order valence-corrected chi connectivity index (χ4v) is 7.60. The first-order valence-electron chi connectivity index (χ1n) is 25.6. The zero-order chi connectivity index (χ0) is 42.8. The lowest BCUT2D eigenvalue weighted by Crippen LogP contribution is -2.45. The van der Waals surface area contributed by atoms with Crippen molar-refractivity contribution in [1.82, 2.24) is 5.32 Å². The van der Waals surface area contributed by atoms with Crippen molar-refractivity contribution < 1.29 is 15.0 Å². The SMILES string of the molecule is CC/C=C\C/C=C\C/C=C\C/C=C\C/C=C\C/C=C\CCCCCCCCCCC(=O)NC(CO)C(O)CCCCCCCCCCCCCCCCCCCCCC. The van der Waals surface area contributed by atoms with E-state index in [0.29, 0.717) is 12.8 Å². The molecule has 0 aromatic heterocycles. The van der Waals surface area contributed by atoms with Crippen LogP contribution in [-0.2, 0) is 4.79 Å². The summed E-state index contributed by atoms with van der Waals surface area (Å²) in [6.07, 6.45) is 71.4. The van der Waals surface area contributed by atoms with Gasteiger partial charge in [-0.05, 0) is 64.2 Å². The van der Waals surface area contributed by atoms with E-state index in [-0.39, 0.29) is 12.5 Å². The summed E-state index contributed by atoms with van der Waals surface area (Å²) in [5.74, 6) is -0.0407. The van der Waals surface area contributed by atoms with Crippen molar-refractivity contribution in [3.8, 4) is 0 Å². The predicted molar refractivity (Wildman–Crippen MR) is 262 cm³/mol. The number of hydrogen-bond acceptors (Lipinski definition) is 3. The summed E-state index contributed by atoms with van der Waals surface area (Å²) in [6.45, 7) is 4.25. The van der Waals surface area contributed by atoms with Gasteiger partial charge in [0.2, 0.25) is 5.91 Å². The number of hydrogen-bond donors (Lipinski definition) is 3. The van der Waals surface area contributed by atoms with Gasteiger partial charge in [0.05, 0.1) is 18.8 Å². The molecule has 0 radical (unpaired) electrons. The van der Waals surface area contributed by atoms with Gasteiger partial charge in [-0.1, -0.05) is 254 Å². The summed E-state index contributed by atoms with van der Waals surface area (Å²) in [6, 6.07) is -0.546. The van der Waals surface area contributed by atoms with Gasteiger partial charge in [0, 0.05) is 6.42 Å². The molecule has 4 nitrogen and oxygen atoms in total. The average Bonchev–Trinajstić information content (AvgIpc) is 3.24. The number of amides is 1. The summed E-state index contributed by atoms with van der Waals surface area (Å²) in [5.41, 5.74) is 0. The minimum absolute atomic E-state index is 0.0407. The lowest BCUT2D eigenvalue weighted by Gasteiger charge is -2.22. The molecule has 4 heteroatoms. The molecule has 342 valence electrons. The third kappa shape index (κ3) is 46.7. The van der Waals surface area contributed by atoms with Crippen LogP contribution in [0, 0.1) is 0 Å². The highest BCUT2D eigenvalue weighted by atomic mass is 16.3. The maximum Gasteiger partial charge on any atom is 0.220 e. The molecule has 0 aromatic carbocycles. The number of allylic oxidation sites excluding steroid dienone is 12. The molecule has 0 aliphatic rings. The van der Waals surface area contributed by atoms with E-state index in [1.807, 2.05) is 0 Å². The number of unbranched alkanes of at least 4 members (excludes halogenated alkanes) is 27. The minimum Gasteiger partial charge on any atom is -0.394 e. The molecule has 3 N–H and O–H groups in total. The van der Waals surface area contributed by atoms with Gasteiger partial charge in [0.1, 0.15) is 0 Å². The van der Waals surface area contributed by atoms with Gasteiger partial charge in [-0.3, -0.25) is 4.79 Å². The van der Waals surface area contributed by atoms with Crippen molar-refractivity contribution in [2.45, 2.75) is 264 Å². The molecule has 1 amide bonds. The largest absolute Gasteiger partial charge is 0.394 e. The van der Waals surface area contributed by atoms with Crippen molar-refractivity contribution in [2.24, 2.45) is 0 Å².